The summed E-state index contributed by atoms with van der Waals surface area (Å²) in [6.07, 6.45) is 4.14. The molecule has 0 atom stereocenters. The summed E-state index contributed by atoms with van der Waals surface area (Å²) in [5.41, 5.74) is 3.60. The van der Waals surface area contributed by atoms with Gasteiger partial charge in [-0.1, -0.05) is 6.07 Å². The fraction of sp³-hybridized carbons (Fsp3) is 0.320. The zero-order valence-corrected chi connectivity index (χ0v) is 19.7. The van der Waals surface area contributed by atoms with Gasteiger partial charge in [0.05, 0.1) is 4.91 Å². The number of imide groups is 1. The van der Waals surface area contributed by atoms with Crippen molar-refractivity contribution in [1.29, 1.82) is 0 Å². The number of hydrogen-bond acceptors (Lipinski definition) is 7. The van der Waals surface area contributed by atoms with Crippen molar-refractivity contribution in [3.8, 4) is 11.5 Å². The molecular weight excluding hydrogens is 454 g/mol. The van der Waals surface area contributed by atoms with Crippen LogP contribution in [0.25, 0.3) is 6.08 Å². The second kappa shape index (κ2) is 9.42. The maximum Gasteiger partial charge on any atom is 0.294 e. The van der Waals surface area contributed by atoms with Crippen LogP contribution in [0.15, 0.2) is 41.3 Å². The number of aryl methyl sites for hydroxylation is 1. The smallest absolute Gasteiger partial charge is 0.294 e. The Balaban J connectivity index is 1.25. The molecule has 1 N–H and O–H groups in total. The van der Waals surface area contributed by atoms with Crippen molar-refractivity contribution in [3.05, 3.63) is 52.4 Å². The first-order valence-corrected chi connectivity index (χ1v) is 12.1. The second-order valence-electron chi connectivity index (χ2n) is 8.41. The zero-order valence-electron chi connectivity index (χ0n) is 18.8. The Morgan fingerprint density at radius 1 is 1.06 bits per heavy atom. The molecule has 0 spiro atoms. The molecule has 0 radical (unpaired) electrons. The van der Waals surface area contributed by atoms with Gasteiger partial charge in [-0.15, -0.1) is 0 Å². The zero-order chi connectivity index (χ0) is 23.7. The van der Waals surface area contributed by atoms with Crippen molar-refractivity contribution < 1.29 is 23.9 Å². The Labute approximate surface area is 201 Å². The summed E-state index contributed by atoms with van der Waals surface area (Å²) < 4.78 is 11.0. The highest BCUT2D eigenvalue weighted by molar-refractivity contribution is 8.18. The number of amides is 3. The molecule has 2 fully saturated rings. The molecule has 0 aliphatic carbocycles. The standard InChI is InChI=1S/C25H25N3O5S/c1-16-12-19(27-8-2-3-9-27)6-4-17(16)13-22-24(30)28(25(31)34-22)15-23(29)26-18-5-7-20-21(14-18)33-11-10-32-20/h4-7,12-14H,2-3,8-11,15H2,1H3,(H,26,29)/b22-13+. The number of anilines is 2. The Hall–Kier alpha value is -3.46. The molecule has 176 valence electrons. The van der Waals surface area contributed by atoms with Crippen molar-refractivity contribution in [1.82, 2.24) is 4.90 Å². The molecule has 0 aromatic heterocycles. The Bertz CT molecular complexity index is 1190. The Kier molecular flexibility index (Phi) is 6.19. The van der Waals surface area contributed by atoms with Crippen LogP contribution in [0, 0.1) is 6.92 Å². The van der Waals surface area contributed by atoms with E-state index in [2.05, 4.69) is 22.3 Å². The van der Waals surface area contributed by atoms with Crippen molar-refractivity contribution in [2.75, 3.05) is 43.1 Å². The molecule has 0 saturated carbocycles. The molecule has 3 aliphatic rings. The normalized spacial score (nSPS) is 18.7. The summed E-state index contributed by atoms with van der Waals surface area (Å²) in [7, 11) is 0. The lowest BCUT2D eigenvalue weighted by Gasteiger charge is -2.19. The van der Waals surface area contributed by atoms with Gasteiger partial charge in [0, 0.05) is 30.5 Å². The fourth-order valence-corrected chi connectivity index (χ4v) is 5.07. The largest absolute Gasteiger partial charge is 0.486 e. The number of ether oxygens (including phenoxy) is 2. The minimum Gasteiger partial charge on any atom is -0.486 e. The summed E-state index contributed by atoms with van der Waals surface area (Å²) in [6.45, 7) is 4.68. The van der Waals surface area contributed by atoms with E-state index in [1.807, 2.05) is 13.0 Å². The Morgan fingerprint density at radius 3 is 2.59 bits per heavy atom. The summed E-state index contributed by atoms with van der Waals surface area (Å²) in [6, 6.07) is 11.2. The molecule has 3 heterocycles. The minimum absolute atomic E-state index is 0.314. The maximum absolute atomic E-state index is 12.9. The first-order valence-electron chi connectivity index (χ1n) is 11.3. The van der Waals surface area contributed by atoms with Gasteiger partial charge in [-0.05, 0) is 73.0 Å². The molecular formula is C25H25N3O5S. The number of nitrogens with zero attached hydrogens (tertiary/aromatic N) is 2. The van der Waals surface area contributed by atoms with Crippen LogP contribution < -0.4 is 19.7 Å². The van der Waals surface area contributed by atoms with Crippen LogP contribution in [-0.2, 0) is 9.59 Å². The summed E-state index contributed by atoms with van der Waals surface area (Å²) in [5.74, 6) is 0.232. The molecule has 34 heavy (non-hydrogen) atoms. The van der Waals surface area contributed by atoms with Gasteiger partial charge in [0.1, 0.15) is 19.8 Å². The average Bonchev–Trinajstić information content (AvgIpc) is 3.45. The summed E-state index contributed by atoms with van der Waals surface area (Å²) in [4.78, 5) is 41.5. The van der Waals surface area contributed by atoms with Gasteiger partial charge < -0.3 is 19.7 Å². The number of benzene rings is 2. The van der Waals surface area contributed by atoms with E-state index >= 15 is 0 Å². The lowest BCUT2D eigenvalue weighted by atomic mass is 10.1. The highest BCUT2D eigenvalue weighted by Gasteiger charge is 2.36. The predicted octanol–water partition coefficient (Wildman–Crippen LogP) is 4.04. The number of fused-ring (bicyclic) bond motifs is 1. The van der Waals surface area contributed by atoms with E-state index in [0.29, 0.717) is 35.3 Å². The van der Waals surface area contributed by atoms with E-state index in [0.717, 1.165) is 40.9 Å². The first kappa shape index (κ1) is 22.3. The number of hydrogen-bond donors (Lipinski definition) is 1. The third-order valence-corrected chi connectivity index (χ3v) is 6.92. The minimum atomic E-state index is -0.466. The van der Waals surface area contributed by atoms with E-state index < -0.39 is 17.1 Å². The third kappa shape index (κ3) is 4.61. The van der Waals surface area contributed by atoms with Crippen LogP contribution in [0.2, 0.25) is 0 Å². The van der Waals surface area contributed by atoms with Crippen LogP contribution in [0.5, 0.6) is 11.5 Å². The third-order valence-electron chi connectivity index (χ3n) is 6.01. The quantitative estimate of drug-likeness (QED) is 0.648. The van der Waals surface area contributed by atoms with Gasteiger partial charge in [-0.3, -0.25) is 19.3 Å². The van der Waals surface area contributed by atoms with Gasteiger partial charge in [0.2, 0.25) is 5.91 Å². The molecule has 0 unspecified atom stereocenters. The van der Waals surface area contributed by atoms with Gasteiger partial charge in [0.15, 0.2) is 11.5 Å². The predicted molar refractivity (Wildman–Crippen MR) is 131 cm³/mol. The summed E-state index contributed by atoms with van der Waals surface area (Å²) in [5, 5.41) is 2.25. The molecule has 0 bridgehead atoms. The number of nitrogens with one attached hydrogen (secondary N) is 1. The number of carbonyl (C=O) groups excluding carboxylic acids is 3. The van der Waals surface area contributed by atoms with Crippen LogP contribution in [0.1, 0.15) is 24.0 Å². The SMILES string of the molecule is Cc1cc(N2CCCC2)ccc1/C=C1/SC(=O)N(CC(=O)Nc2ccc3c(c2)OCCO3)C1=O. The second-order valence-corrected chi connectivity index (χ2v) is 9.40. The van der Waals surface area contributed by atoms with Crippen LogP contribution in [-0.4, -0.2) is 54.8 Å². The Morgan fingerprint density at radius 2 is 1.82 bits per heavy atom. The highest BCUT2D eigenvalue weighted by atomic mass is 32.2. The van der Waals surface area contributed by atoms with E-state index in [9.17, 15) is 14.4 Å². The summed E-state index contributed by atoms with van der Waals surface area (Å²) >= 11 is 0.853. The lowest BCUT2D eigenvalue weighted by molar-refractivity contribution is -0.127. The number of rotatable bonds is 5. The first-order chi connectivity index (χ1) is 16.5. The average molecular weight is 480 g/mol. The van der Waals surface area contributed by atoms with E-state index in [4.69, 9.17) is 9.47 Å². The number of carbonyl (C=O) groups is 3. The van der Waals surface area contributed by atoms with Crippen molar-refractivity contribution in [2.45, 2.75) is 19.8 Å². The van der Waals surface area contributed by atoms with Gasteiger partial charge >= 0.3 is 0 Å². The van der Waals surface area contributed by atoms with E-state index in [-0.39, 0.29) is 6.54 Å². The van der Waals surface area contributed by atoms with E-state index in [1.165, 1.54) is 18.5 Å². The lowest BCUT2D eigenvalue weighted by Crippen LogP contribution is -2.36. The van der Waals surface area contributed by atoms with Crippen molar-refractivity contribution in [2.24, 2.45) is 0 Å². The molecule has 8 nitrogen and oxygen atoms in total. The van der Waals surface area contributed by atoms with Crippen LogP contribution in [0.3, 0.4) is 0 Å². The van der Waals surface area contributed by atoms with Crippen LogP contribution in [0.4, 0.5) is 16.2 Å². The van der Waals surface area contributed by atoms with Crippen molar-refractivity contribution in [3.63, 3.8) is 0 Å². The number of thioether (sulfide) groups is 1. The monoisotopic (exact) mass is 479 g/mol. The molecule has 9 heteroatoms. The van der Waals surface area contributed by atoms with Crippen molar-refractivity contribution >= 4 is 46.3 Å². The molecule has 3 aliphatic heterocycles. The molecule has 2 aromatic carbocycles. The van der Waals surface area contributed by atoms with Gasteiger partial charge in [-0.2, -0.15) is 0 Å². The van der Waals surface area contributed by atoms with Gasteiger partial charge in [0.25, 0.3) is 11.1 Å². The fourth-order valence-electron chi connectivity index (χ4n) is 4.24. The molecule has 2 aromatic rings. The van der Waals surface area contributed by atoms with Gasteiger partial charge in [-0.25, -0.2) is 0 Å². The molecule has 5 rings (SSSR count). The molecule has 2 saturated heterocycles. The highest BCUT2D eigenvalue weighted by Crippen LogP contribution is 2.34. The van der Waals surface area contributed by atoms with E-state index in [1.54, 1.807) is 24.3 Å². The maximum atomic E-state index is 12.9. The topological polar surface area (TPSA) is 88.2 Å². The van der Waals surface area contributed by atoms with Crippen LogP contribution >= 0.6 is 11.8 Å². The molecule has 3 amide bonds.